The Morgan fingerprint density at radius 3 is 2.54 bits per heavy atom. The van der Waals surface area contributed by atoms with Crippen LogP contribution in [0, 0.1) is 11.3 Å². The van der Waals surface area contributed by atoms with Crippen molar-refractivity contribution in [2.75, 3.05) is 6.79 Å². The highest BCUT2D eigenvalue weighted by Crippen LogP contribution is 2.56. The molecule has 122 valence electrons. The molecule has 24 heavy (non-hydrogen) atoms. The SMILES string of the molecule is N#C[C@@]1(N)[C@H](S(=O)(=O)c2ccccc2)[C@@H]1c1ccc2c(c1)OCO2. The van der Waals surface area contributed by atoms with Gasteiger partial charge in [0.1, 0.15) is 10.8 Å². The van der Waals surface area contributed by atoms with Crippen molar-refractivity contribution < 1.29 is 17.9 Å². The first-order valence-corrected chi connectivity index (χ1v) is 8.92. The molecule has 1 aliphatic carbocycles. The van der Waals surface area contributed by atoms with E-state index < -0.39 is 26.5 Å². The van der Waals surface area contributed by atoms with Crippen molar-refractivity contribution in [3.8, 4) is 17.6 Å². The first-order valence-electron chi connectivity index (χ1n) is 7.37. The fraction of sp³-hybridized carbons (Fsp3) is 0.235. The lowest BCUT2D eigenvalue weighted by Gasteiger charge is -2.04. The number of hydrogen-bond acceptors (Lipinski definition) is 6. The summed E-state index contributed by atoms with van der Waals surface area (Å²) in [6, 6.07) is 15.2. The van der Waals surface area contributed by atoms with E-state index in [9.17, 15) is 13.7 Å². The predicted octanol–water partition coefficient (Wildman–Crippen LogP) is 1.58. The predicted molar refractivity (Wildman–Crippen MR) is 85.3 cm³/mol. The minimum atomic E-state index is -3.72. The monoisotopic (exact) mass is 342 g/mol. The fourth-order valence-electron chi connectivity index (χ4n) is 3.26. The molecule has 0 aromatic heterocycles. The lowest BCUT2D eigenvalue weighted by atomic mass is 10.1. The average Bonchev–Trinajstić information content (AvgIpc) is 3.00. The number of rotatable bonds is 3. The van der Waals surface area contributed by atoms with Gasteiger partial charge in [0.25, 0.3) is 0 Å². The van der Waals surface area contributed by atoms with E-state index in [2.05, 4.69) is 0 Å². The molecule has 0 bridgehead atoms. The average molecular weight is 342 g/mol. The van der Waals surface area contributed by atoms with Crippen LogP contribution in [0.5, 0.6) is 11.5 Å². The van der Waals surface area contributed by atoms with E-state index >= 15 is 0 Å². The third-order valence-electron chi connectivity index (χ3n) is 4.53. The number of ether oxygens (including phenoxy) is 2. The summed E-state index contributed by atoms with van der Waals surface area (Å²) in [7, 11) is -3.72. The molecule has 1 heterocycles. The van der Waals surface area contributed by atoms with E-state index in [1.807, 2.05) is 6.07 Å². The van der Waals surface area contributed by atoms with Gasteiger partial charge in [-0.1, -0.05) is 24.3 Å². The van der Waals surface area contributed by atoms with E-state index in [-0.39, 0.29) is 11.7 Å². The highest BCUT2D eigenvalue weighted by Gasteiger charge is 2.70. The molecule has 1 aliphatic heterocycles. The molecule has 0 unspecified atom stereocenters. The van der Waals surface area contributed by atoms with Crippen molar-refractivity contribution in [3.05, 3.63) is 54.1 Å². The minimum Gasteiger partial charge on any atom is -0.454 e. The number of fused-ring (bicyclic) bond motifs is 1. The molecule has 3 atom stereocenters. The van der Waals surface area contributed by atoms with Gasteiger partial charge in [0, 0.05) is 5.92 Å². The van der Waals surface area contributed by atoms with Gasteiger partial charge in [-0.25, -0.2) is 8.42 Å². The van der Waals surface area contributed by atoms with E-state index in [0.29, 0.717) is 17.1 Å². The Hall–Kier alpha value is -2.56. The lowest BCUT2D eigenvalue weighted by Crippen LogP contribution is -2.29. The zero-order valence-corrected chi connectivity index (χ0v) is 13.4. The van der Waals surface area contributed by atoms with Crippen LogP contribution in [0.25, 0.3) is 0 Å². The van der Waals surface area contributed by atoms with Gasteiger partial charge in [-0.2, -0.15) is 5.26 Å². The summed E-state index contributed by atoms with van der Waals surface area (Å²) in [5.74, 6) is 0.527. The number of sulfone groups is 1. The Bertz CT molecular complexity index is 952. The van der Waals surface area contributed by atoms with Crippen molar-refractivity contribution >= 4 is 9.84 Å². The van der Waals surface area contributed by atoms with Crippen LogP contribution in [0.2, 0.25) is 0 Å². The number of hydrogen-bond donors (Lipinski definition) is 1. The molecule has 2 aromatic rings. The van der Waals surface area contributed by atoms with Gasteiger partial charge in [0.15, 0.2) is 21.3 Å². The number of nitrogens with two attached hydrogens (primary N) is 1. The normalized spacial score (nSPS) is 27.5. The van der Waals surface area contributed by atoms with E-state index in [0.717, 1.165) is 0 Å². The second-order valence-corrected chi connectivity index (χ2v) is 7.98. The Morgan fingerprint density at radius 1 is 1.12 bits per heavy atom. The van der Waals surface area contributed by atoms with E-state index in [4.69, 9.17) is 15.2 Å². The fourth-order valence-corrected chi connectivity index (χ4v) is 5.46. The van der Waals surface area contributed by atoms with Crippen LogP contribution in [-0.2, 0) is 9.84 Å². The summed E-state index contributed by atoms with van der Waals surface area (Å²) in [6.07, 6.45) is 0. The van der Waals surface area contributed by atoms with E-state index in [1.165, 1.54) is 12.1 Å². The molecule has 6 nitrogen and oxygen atoms in total. The number of nitrogens with zero attached hydrogens (tertiary/aromatic N) is 1. The maximum atomic E-state index is 12.9. The largest absolute Gasteiger partial charge is 0.454 e. The summed E-state index contributed by atoms with van der Waals surface area (Å²) >= 11 is 0. The van der Waals surface area contributed by atoms with Gasteiger partial charge in [0.2, 0.25) is 6.79 Å². The van der Waals surface area contributed by atoms with Crippen LogP contribution in [0.15, 0.2) is 53.4 Å². The van der Waals surface area contributed by atoms with Crippen LogP contribution in [0.1, 0.15) is 11.5 Å². The van der Waals surface area contributed by atoms with Crippen LogP contribution in [-0.4, -0.2) is 26.0 Å². The smallest absolute Gasteiger partial charge is 0.231 e. The van der Waals surface area contributed by atoms with Crippen LogP contribution >= 0.6 is 0 Å². The maximum Gasteiger partial charge on any atom is 0.231 e. The molecule has 1 fully saturated rings. The topological polar surface area (TPSA) is 102 Å². The summed E-state index contributed by atoms with van der Waals surface area (Å²) in [6.45, 7) is 0.126. The first-order chi connectivity index (χ1) is 11.5. The molecule has 2 N–H and O–H groups in total. The molecule has 1 saturated carbocycles. The molecule has 2 aromatic carbocycles. The summed E-state index contributed by atoms with van der Waals surface area (Å²) in [4.78, 5) is 0.170. The molecule has 0 radical (unpaired) electrons. The highest BCUT2D eigenvalue weighted by atomic mass is 32.2. The van der Waals surface area contributed by atoms with Gasteiger partial charge in [-0.15, -0.1) is 0 Å². The van der Waals surface area contributed by atoms with Crippen molar-refractivity contribution in [2.45, 2.75) is 21.6 Å². The van der Waals surface area contributed by atoms with Crippen molar-refractivity contribution in [2.24, 2.45) is 5.73 Å². The first kappa shape index (κ1) is 15.0. The van der Waals surface area contributed by atoms with Crippen molar-refractivity contribution in [1.82, 2.24) is 0 Å². The highest BCUT2D eigenvalue weighted by molar-refractivity contribution is 7.92. The summed E-state index contributed by atoms with van der Waals surface area (Å²) < 4.78 is 36.4. The van der Waals surface area contributed by atoms with Crippen LogP contribution in [0.3, 0.4) is 0 Å². The second kappa shape index (κ2) is 4.97. The maximum absolute atomic E-state index is 12.9. The van der Waals surface area contributed by atoms with Gasteiger partial charge in [-0.05, 0) is 29.8 Å². The molecule has 7 heteroatoms. The van der Waals surface area contributed by atoms with E-state index in [1.54, 1.807) is 36.4 Å². The van der Waals surface area contributed by atoms with Crippen LogP contribution in [0.4, 0.5) is 0 Å². The minimum absolute atomic E-state index is 0.126. The Kier molecular flexibility index (Phi) is 3.10. The zero-order chi connectivity index (χ0) is 16.9. The summed E-state index contributed by atoms with van der Waals surface area (Å²) in [5.41, 5.74) is 5.33. The third-order valence-corrected chi connectivity index (χ3v) is 6.79. The Balaban J connectivity index is 1.76. The second-order valence-electron chi connectivity index (χ2n) is 5.91. The zero-order valence-electron chi connectivity index (χ0n) is 12.5. The third kappa shape index (κ3) is 2.00. The van der Waals surface area contributed by atoms with Crippen molar-refractivity contribution in [1.29, 1.82) is 5.26 Å². The molecule has 0 saturated heterocycles. The van der Waals surface area contributed by atoms with Gasteiger partial charge in [-0.3, -0.25) is 0 Å². The standard InChI is InChI=1S/C17H14N2O4S/c18-9-17(19)15(11-6-7-13-14(8-11)23-10-22-13)16(17)24(20,21)12-4-2-1-3-5-12/h1-8,15-16H,10,19H2/t15-,16+,17-/m0/s1. The van der Waals surface area contributed by atoms with Crippen molar-refractivity contribution in [3.63, 3.8) is 0 Å². The Labute approximate surface area is 139 Å². The quantitative estimate of drug-likeness (QED) is 0.908. The summed E-state index contributed by atoms with van der Waals surface area (Å²) in [5, 5.41) is 8.49. The molecule has 2 aliphatic rings. The Morgan fingerprint density at radius 2 is 1.83 bits per heavy atom. The number of benzene rings is 2. The molecule has 4 rings (SSSR count). The molecule has 0 amide bonds. The number of nitriles is 1. The van der Waals surface area contributed by atoms with Gasteiger partial charge < -0.3 is 15.2 Å². The molecular formula is C17H14N2O4S. The molecular weight excluding hydrogens is 328 g/mol. The van der Waals surface area contributed by atoms with Crippen LogP contribution < -0.4 is 15.2 Å². The lowest BCUT2D eigenvalue weighted by molar-refractivity contribution is 0.174. The molecule has 0 spiro atoms. The van der Waals surface area contributed by atoms with Gasteiger partial charge in [0.05, 0.1) is 11.0 Å². The van der Waals surface area contributed by atoms with Gasteiger partial charge >= 0.3 is 0 Å².